The minimum Gasteiger partial charge on any atom is -0.352 e. The van der Waals surface area contributed by atoms with Gasteiger partial charge in [0.25, 0.3) is 0 Å². The summed E-state index contributed by atoms with van der Waals surface area (Å²) in [5.41, 5.74) is 5.71. The highest BCUT2D eigenvalue weighted by Crippen LogP contribution is 2.26. The molecule has 3 nitrogen and oxygen atoms in total. The number of hydrogen-bond acceptors (Lipinski definition) is 2. The minimum atomic E-state index is -0.569. The molecule has 0 bridgehead atoms. The standard InChI is InChI=1S/C15H28N2O.ClH/c16-15(11-7-4-8-12-15)14(18)17-13-9-5-2-1-3-6-10-13;/h13H,1-12,16H2,(H,17,18);1H. The van der Waals surface area contributed by atoms with Crippen molar-refractivity contribution in [2.24, 2.45) is 5.73 Å². The molecule has 3 N–H and O–H groups in total. The van der Waals surface area contributed by atoms with Crippen molar-refractivity contribution in [1.82, 2.24) is 5.32 Å². The molecule has 2 aliphatic rings. The fraction of sp³-hybridized carbons (Fsp3) is 0.933. The molecule has 19 heavy (non-hydrogen) atoms. The van der Waals surface area contributed by atoms with Crippen molar-refractivity contribution in [3.05, 3.63) is 0 Å². The second-order valence-electron chi connectivity index (χ2n) is 6.23. The molecule has 0 aliphatic heterocycles. The van der Waals surface area contributed by atoms with Crippen LogP contribution in [-0.4, -0.2) is 17.5 Å². The van der Waals surface area contributed by atoms with E-state index in [1.807, 2.05) is 0 Å². The van der Waals surface area contributed by atoms with Crippen molar-refractivity contribution in [2.75, 3.05) is 0 Å². The molecular weight excluding hydrogens is 260 g/mol. The van der Waals surface area contributed by atoms with Crippen molar-refractivity contribution in [2.45, 2.75) is 88.6 Å². The molecule has 0 heterocycles. The Bertz CT molecular complexity index is 269. The number of amides is 1. The second-order valence-corrected chi connectivity index (χ2v) is 6.23. The monoisotopic (exact) mass is 288 g/mol. The third-order valence-corrected chi connectivity index (χ3v) is 4.64. The molecule has 1 amide bonds. The molecule has 0 aromatic heterocycles. The second kappa shape index (κ2) is 8.11. The summed E-state index contributed by atoms with van der Waals surface area (Å²) in [5, 5.41) is 3.23. The van der Waals surface area contributed by atoms with E-state index >= 15 is 0 Å². The van der Waals surface area contributed by atoms with Gasteiger partial charge in [-0.3, -0.25) is 4.79 Å². The Kier molecular flexibility index (Phi) is 7.16. The van der Waals surface area contributed by atoms with Gasteiger partial charge >= 0.3 is 0 Å². The Balaban J connectivity index is 0.00000180. The van der Waals surface area contributed by atoms with E-state index in [9.17, 15) is 4.79 Å². The molecular formula is C15H29ClN2O. The first-order valence-corrected chi connectivity index (χ1v) is 7.81. The van der Waals surface area contributed by atoms with Gasteiger partial charge in [-0.2, -0.15) is 0 Å². The van der Waals surface area contributed by atoms with E-state index in [0.29, 0.717) is 6.04 Å². The summed E-state index contributed by atoms with van der Waals surface area (Å²) in [6.07, 6.45) is 14.0. The third kappa shape index (κ3) is 4.96. The topological polar surface area (TPSA) is 55.1 Å². The van der Waals surface area contributed by atoms with Crippen LogP contribution in [-0.2, 0) is 4.79 Å². The van der Waals surface area contributed by atoms with Crippen molar-refractivity contribution in [1.29, 1.82) is 0 Å². The zero-order valence-corrected chi connectivity index (χ0v) is 12.8. The maximum atomic E-state index is 12.4. The predicted octanol–water partition coefficient (Wildman–Crippen LogP) is 3.30. The van der Waals surface area contributed by atoms with E-state index in [2.05, 4.69) is 5.32 Å². The molecule has 2 saturated carbocycles. The summed E-state index contributed by atoms with van der Waals surface area (Å²) in [4.78, 5) is 12.4. The van der Waals surface area contributed by atoms with Crippen LogP contribution in [0.2, 0.25) is 0 Å². The Hall–Kier alpha value is -0.280. The highest BCUT2D eigenvalue weighted by atomic mass is 35.5. The first-order chi connectivity index (χ1) is 8.71. The van der Waals surface area contributed by atoms with E-state index in [1.165, 1.54) is 38.5 Å². The Morgan fingerprint density at radius 3 is 1.95 bits per heavy atom. The normalized spacial score (nSPS) is 24.7. The third-order valence-electron chi connectivity index (χ3n) is 4.64. The highest BCUT2D eigenvalue weighted by molar-refractivity contribution is 5.86. The van der Waals surface area contributed by atoms with Gasteiger partial charge in [0.05, 0.1) is 5.54 Å². The Morgan fingerprint density at radius 2 is 1.37 bits per heavy atom. The number of nitrogens with one attached hydrogen (secondary N) is 1. The largest absolute Gasteiger partial charge is 0.352 e. The number of nitrogens with two attached hydrogens (primary N) is 1. The number of hydrogen-bond donors (Lipinski definition) is 2. The average Bonchev–Trinajstić information content (AvgIpc) is 2.33. The molecule has 4 heteroatoms. The van der Waals surface area contributed by atoms with Crippen molar-refractivity contribution in [3.8, 4) is 0 Å². The first-order valence-electron chi connectivity index (χ1n) is 7.81. The predicted molar refractivity (Wildman–Crippen MR) is 81.5 cm³/mol. The first kappa shape index (κ1) is 16.8. The molecule has 2 rings (SSSR count). The summed E-state index contributed by atoms with van der Waals surface area (Å²) in [7, 11) is 0. The fourth-order valence-corrected chi connectivity index (χ4v) is 3.34. The number of carbonyl (C=O) groups excluding carboxylic acids is 1. The summed E-state index contributed by atoms with van der Waals surface area (Å²) in [6.45, 7) is 0. The van der Waals surface area contributed by atoms with Crippen LogP contribution in [0.15, 0.2) is 0 Å². The lowest BCUT2D eigenvalue weighted by molar-refractivity contribution is -0.128. The van der Waals surface area contributed by atoms with Gasteiger partial charge in [0.1, 0.15) is 0 Å². The van der Waals surface area contributed by atoms with Crippen LogP contribution in [0.1, 0.15) is 77.0 Å². The summed E-state index contributed by atoms with van der Waals surface area (Å²) in [6, 6.07) is 0.375. The zero-order chi connectivity index (χ0) is 12.8. The van der Waals surface area contributed by atoms with E-state index in [4.69, 9.17) is 5.73 Å². The van der Waals surface area contributed by atoms with Gasteiger partial charge in [0.2, 0.25) is 5.91 Å². The summed E-state index contributed by atoms with van der Waals surface area (Å²) in [5.74, 6) is 0.118. The summed E-state index contributed by atoms with van der Waals surface area (Å²) < 4.78 is 0. The van der Waals surface area contributed by atoms with Crippen LogP contribution in [0.3, 0.4) is 0 Å². The number of rotatable bonds is 2. The lowest BCUT2D eigenvalue weighted by Gasteiger charge is -2.34. The van der Waals surface area contributed by atoms with Crippen LogP contribution in [0.5, 0.6) is 0 Å². The van der Waals surface area contributed by atoms with Gasteiger partial charge in [0.15, 0.2) is 0 Å². The van der Waals surface area contributed by atoms with Crippen LogP contribution in [0.25, 0.3) is 0 Å². The van der Waals surface area contributed by atoms with Gasteiger partial charge in [-0.25, -0.2) is 0 Å². The van der Waals surface area contributed by atoms with Crippen LogP contribution in [0, 0.1) is 0 Å². The number of halogens is 1. The molecule has 2 aliphatic carbocycles. The van der Waals surface area contributed by atoms with Gasteiger partial charge in [0, 0.05) is 6.04 Å². The Morgan fingerprint density at radius 1 is 0.895 bits per heavy atom. The van der Waals surface area contributed by atoms with Crippen LogP contribution >= 0.6 is 12.4 Å². The highest BCUT2D eigenvalue weighted by Gasteiger charge is 2.36. The fourth-order valence-electron chi connectivity index (χ4n) is 3.34. The average molecular weight is 289 g/mol. The maximum absolute atomic E-state index is 12.4. The quantitative estimate of drug-likeness (QED) is 0.819. The smallest absolute Gasteiger partial charge is 0.240 e. The van der Waals surface area contributed by atoms with Crippen molar-refractivity contribution < 1.29 is 4.79 Å². The lowest BCUT2D eigenvalue weighted by Crippen LogP contribution is -2.57. The molecule has 0 radical (unpaired) electrons. The van der Waals surface area contributed by atoms with Gasteiger partial charge < -0.3 is 11.1 Å². The molecule has 0 unspecified atom stereocenters. The van der Waals surface area contributed by atoms with E-state index in [0.717, 1.165) is 38.5 Å². The molecule has 112 valence electrons. The van der Waals surface area contributed by atoms with E-state index < -0.39 is 5.54 Å². The SMILES string of the molecule is Cl.NC1(C(=O)NC2CCCCCCC2)CCCCC1. The zero-order valence-electron chi connectivity index (χ0n) is 12.0. The van der Waals surface area contributed by atoms with Gasteiger partial charge in [-0.05, 0) is 25.7 Å². The van der Waals surface area contributed by atoms with Gasteiger partial charge in [-0.15, -0.1) is 12.4 Å². The van der Waals surface area contributed by atoms with Crippen LogP contribution in [0.4, 0.5) is 0 Å². The van der Waals surface area contributed by atoms with E-state index in [1.54, 1.807) is 0 Å². The number of carbonyl (C=O) groups is 1. The van der Waals surface area contributed by atoms with Crippen molar-refractivity contribution >= 4 is 18.3 Å². The molecule has 0 saturated heterocycles. The minimum absolute atomic E-state index is 0. The lowest BCUT2D eigenvalue weighted by atomic mass is 9.81. The van der Waals surface area contributed by atoms with Crippen molar-refractivity contribution in [3.63, 3.8) is 0 Å². The summed E-state index contributed by atoms with van der Waals surface area (Å²) >= 11 is 0. The molecule has 2 fully saturated rings. The van der Waals surface area contributed by atoms with Crippen LogP contribution < -0.4 is 11.1 Å². The molecule has 0 atom stereocenters. The van der Waals surface area contributed by atoms with E-state index in [-0.39, 0.29) is 18.3 Å². The molecule has 0 aromatic carbocycles. The van der Waals surface area contributed by atoms with Gasteiger partial charge in [-0.1, -0.05) is 51.4 Å². The molecule has 0 spiro atoms. The maximum Gasteiger partial charge on any atom is 0.240 e. The Labute approximate surface area is 123 Å². The molecule has 0 aromatic rings.